The molecule has 0 spiro atoms. The third kappa shape index (κ3) is 2.10. The quantitative estimate of drug-likeness (QED) is 0.369. The number of thiophene rings is 1. The van der Waals surface area contributed by atoms with Crippen molar-refractivity contribution >= 4 is 33.1 Å². The van der Waals surface area contributed by atoms with Crippen molar-refractivity contribution in [1.29, 1.82) is 0 Å². The molecule has 1 aromatic heterocycles. The third-order valence-electron chi connectivity index (χ3n) is 1.83. The minimum absolute atomic E-state index is 0.486. The van der Waals surface area contributed by atoms with Gasteiger partial charge in [0.15, 0.2) is 5.84 Å². The summed E-state index contributed by atoms with van der Waals surface area (Å²) in [4.78, 5) is 5.55. The predicted molar refractivity (Wildman–Crippen MR) is 58.9 cm³/mol. The topological polar surface area (TPSA) is 50.4 Å². The Hall–Kier alpha value is -0.390. The summed E-state index contributed by atoms with van der Waals surface area (Å²) < 4.78 is 1.05. The number of hydrazine groups is 1. The average Bonchev–Trinajstić information content (AvgIpc) is 2.85. The molecule has 0 atom stereocenters. The molecule has 0 aromatic carbocycles. The van der Waals surface area contributed by atoms with Gasteiger partial charge in [0.05, 0.1) is 10.9 Å². The Balaban J connectivity index is 2.25. The van der Waals surface area contributed by atoms with E-state index < -0.39 is 0 Å². The maximum atomic E-state index is 5.41. The van der Waals surface area contributed by atoms with Crippen molar-refractivity contribution in [3.63, 3.8) is 0 Å². The maximum Gasteiger partial charge on any atom is 0.154 e. The van der Waals surface area contributed by atoms with Gasteiger partial charge in [0.1, 0.15) is 0 Å². The van der Waals surface area contributed by atoms with Crippen molar-refractivity contribution in [3.05, 3.63) is 20.8 Å². The van der Waals surface area contributed by atoms with Gasteiger partial charge in [-0.25, -0.2) is 5.84 Å². The molecule has 1 aliphatic rings. The van der Waals surface area contributed by atoms with E-state index in [1.54, 1.807) is 11.3 Å². The van der Waals surface area contributed by atoms with Crippen LogP contribution in [0.15, 0.2) is 20.9 Å². The predicted octanol–water partition coefficient (Wildman–Crippen LogP) is 1.88. The second-order valence-electron chi connectivity index (χ2n) is 2.95. The Kier molecular flexibility index (Phi) is 2.66. The average molecular weight is 260 g/mol. The molecule has 0 amide bonds. The van der Waals surface area contributed by atoms with Crippen LogP contribution in [0.3, 0.4) is 0 Å². The van der Waals surface area contributed by atoms with Gasteiger partial charge in [0.2, 0.25) is 0 Å². The highest BCUT2D eigenvalue weighted by atomic mass is 79.9. The number of nitrogens with zero attached hydrogens (tertiary/aromatic N) is 1. The maximum absolute atomic E-state index is 5.41. The molecule has 0 radical (unpaired) electrons. The molecule has 1 aliphatic carbocycles. The van der Waals surface area contributed by atoms with Crippen molar-refractivity contribution in [2.24, 2.45) is 10.8 Å². The molecule has 1 aromatic rings. The van der Waals surface area contributed by atoms with Crippen LogP contribution in [-0.4, -0.2) is 11.9 Å². The first kappa shape index (κ1) is 9.18. The monoisotopic (exact) mass is 259 g/mol. The van der Waals surface area contributed by atoms with Crippen LogP contribution in [0.5, 0.6) is 0 Å². The highest BCUT2D eigenvalue weighted by molar-refractivity contribution is 9.10. The van der Waals surface area contributed by atoms with Crippen molar-refractivity contribution in [1.82, 2.24) is 5.43 Å². The van der Waals surface area contributed by atoms with Crippen molar-refractivity contribution in [2.45, 2.75) is 18.9 Å². The molecule has 0 saturated heterocycles. The molecule has 13 heavy (non-hydrogen) atoms. The van der Waals surface area contributed by atoms with Gasteiger partial charge in [-0.05, 0) is 40.2 Å². The SMILES string of the molecule is NNC(=NC1CC1)c1sccc1Br. The van der Waals surface area contributed by atoms with Gasteiger partial charge in [-0.1, -0.05) is 0 Å². The Morgan fingerprint density at radius 1 is 1.69 bits per heavy atom. The number of halogens is 1. The number of hydrogen-bond donors (Lipinski definition) is 2. The number of amidine groups is 1. The first-order valence-corrected chi connectivity index (χ1v) is 5.76. The van der Waals surface area contributed by atoms with E-state index in [4.69, 9.17) is 5.84 Å². The fourth-order valence-corrected chi connectivity index (χ4v) is 2.53. The minimum Gasteiger partial charge on any atom is -0.308 e. The summed E-state index contributed by atoms with van der Waals surface area (Å²) in [5.41, 5.74) is 2.65. The molecule has 0 unspecified atom stereocenters. The molecule has 0 aliphatic heterocycles. The molecule has 3 nitrogen and oxygen atoms in total. The molecule has 0 bridgehead atoms. The molecule has 3 N–H and O–H groups in total. The summed E-state index contributed by atoms with van der Waals surface area (Å²) in [6, 6.07) is 2.49. The van der Waals surface area contributed by atoms with E-state index in [2.05, 4.69) is 26.3 Å². The van der Waals surface area contributed by atoms with Crippen LogP contribution in [0.1, 0.15) is 17.7 Å². The molecule has 70 valence electrons. The second-order valence-corrected chi connectivity index (χ2v) is 4.72. The smallest absolute Gasteiger partial charge is 0.154 e. The highest BCUT2D eigenvalue weighted by Crippen LogP contribution is 2.27. The zero-order chi connectivity index (χ0) is 9.26. The number of nitrogens with one attached hydrogen (secondary N) is 1. The number of hydrogen-bond acceptors (Lipinski definition) is 3. The van der Waals surface area contributed by atoms with Crippen molar-refractivity contribution in [3.8, 4) is 0 Å². The number of nitrogens with two attached hydrogens (primary N) is 1. The van der Waals surface area contributed by atoms with Gasteiger partial charge in [-0.3, -0.25) is 4.99 Å². The Bertz CT molecular complexity index is 330. The third-order valence-corrected chi connectivity index (χ3v) is 3.67. The van der Waals surface area contributed by atoms with E-state index in [0.717, 1.165) is 15.2 Å². The van der Waals surface area contributed by atoms with E-state index in [-0.39, 0.29) is 0 Å². The largest absolute Gasteiger partial charge is 0.308 e. The first-order chi connectivity index (χ1) is 6.31. The van der Waals surface area contributed by atoms with E-state index in [1.807, 2.05) is 11.4 Å². The summed E-state index contributed by atoms with van der Waals surface area (Å²) in [5, 5.41) is 2.01. The van der Waals surface area contributed by atoms with E-state index in [0.29, 0.717) is 6.04 Å². The van der Waals surface area contributed by atoms with E-state index in [9.17, 15) is 0 Å². The van der Waals surface area contributed by atoms with Crippen LogP contribution in [0, 0.1) is 0 Å². The van der Waals surface area contributed by atoms with Gasteiger partial charge >= 0.3 is 0 Å². The van der Waals surface area contributed by atoms with Crippen LogP contribution in [0.25, 0.3) is 0 Å². The summed E-state index contributed by atoms with van der Waals surface area (Å²) in [6.45, 7) is 0. The van der Waals surface area contributed by atoms with Crippen molar-refractivity contribution < 1.29 is 0 Å². The highest BCUT2D eigenvalue weighted by Gasteiger charge is 2.22. The molecule has 2 rings (SSSR count). The van der Waals surface area contributed by atoms with E-state index in [1.165, 1.54) is 12.8 Å². The minimum atomic E-state index is 0.486. The molecular weight excluding hydrogens is 250 g/mol. The lowest BCUT2D eigenvalue weighted by molar-refractivity contribution is 0.974. The number of aliphatic imine (C=N–C) groups is 1. The van der Waals surface area contributed by atoms with Crippen LogP contribution >= 0.6 is 27.3 Å². The zero-order valence-corrected chi connectivity index (χ0v) is 9.36. The lowest BCUT2D eigenvalue weighted by atomic mass is 10.4. The number of rotatable bonds is 2. The van der Waals surface area contributed by atoms with E-state index >= 15 is 0 Å². The van der Waals surface area contributed by atoms with Crippen LogP contribution in [0.2, 0.25) is 0 Å². The van der Waals surface area contributed by atoms with Crippen LogP contribution in [0.4, 0.5) is 0 Å². The fourth-order valence-electron chi connectivity index (χ4n) is 1.01. The standard InChI is InChI=1S/C8H10BrN3S/c9-6-3-4-13-7(6)8(12-10)11-5-1-2-5/h3-5H,1-2,10H2,(H,11,12). The Morgan fingerprint density at radius 3 is 2.92 bits per heavy atom. The zero-order valence-electron chi connectivity index (χ0n) is 6.96. The normalized spacial score (nSPS) is 17.5. The molecule has 5 heteroatoms. The summed E-state index contributed by atoms with van der Waals surface area (Å²) in [7, 11) is 0. The van der Waals surface area contributed by atoms with Gasteiger partial charge in [-0.15, -0.1) is 11.3 Å². The Morgan fingerprint density at radius 2 is 2.46 bits per heavy atom. The van der Waals surface area contributed by atoms with Gasteiger partial charge in [0.25, 0.3) is 0 Å². The van der Waals surface area contributed by atoms with Crippen LogP contribution < -0.4 is 11.3 Å². The lowest BCUT2D eigenvalue weighted by Crippen LogP contribution is -2.31. The summed E-state index contributed by atoms with van der Waals surface area (Å²) >= 11 is 5.08. The summed E-state index contributed by atoms with van der Waals surface area (Å²) in [5.74, 6) is 6.21. The first-order valence-electron chi connectivity index (χ1n) is 4.09. The molecule has 1 saturated carbocycles. The van der Waals surface area contributed by atoms with Crippen LogP contribution in [-0.2, 0) is 0 Å². The van der Waals surface area contributed by atoms with Gasteiger partial charge in [0, 0.05) is 4.47 Å². The molecule has 1 heterocycles. The fraction of sp³-hybridized carbons (Fsp3) is 0.375. The lowest BCUT2D eigenvalue weighted by Gasteiger charge is -2.02. The van der Waals surface area contributed by atoms with Crippen molar-refractivity contribution in [2.75, 3.05) is 0 Å². The van der Waals surface area contributed by atoms with Gasteiger partial charge in [-0.2, -0.15) is 0 Å². The van der Waals surface area contributed by atoms with Gasteiger partial charge < -0.3 is 5.43 Å². The Labute approximate surface area is 89.1 Å². The summed E-state index contributed by atoms with van der Waals surface area (Å²) in [6.07, 6.45) is 2.38. The molecule has 1 fully saturated rings. The second kappa shape index (κ2) is 3.77. The molecular formula is C8H10BrN3S.